The van der Waals surface area contributed by atoms with Crippen LogP contribution < -0.4 is 4.90 Å². The van der Waals surface area contributed by atoms with Crippen molar-refractivity contribution in [2.45, 2.75) is 43.9 Å². The molecule has 3 aliphatic rings. The van der Waals surface area contributed by atoms with Crippen molar-refractivity contribution in [3.05, 3.63) is 54.1 Å². The summed E-state index contributed by atoms with van der Waals surface area (Å²) in [5, 5.41) is 13.4. The zero-order chi connectivity index (χ0) is 22.4. The number of amides is 1. The first kappa shape index (κ1) is 20.1. The van der Waals surface area contributed by atoms with Crippen molar-refractivity contribution in [2.24, 2.45) is 5.92 Å². The summed E-state index contributed by atoms with van der Waals surface area (Å²) in [6.45, 7) is 1.42. The normalized spacial score (nSPS) is 23.0. The summed E-state index contributed by atoms with van der Waals surface area (Å²) in [5.74, 6) is 1.35. The second-order valence-corrected chi connectivity index (χ2v) is 9.16. The Kier molecular flexibility index (Phi) is 4.95. The minimum absolute atomic E-state index is 0.0377. The van der Waals surface area contributed by atoms with Crippen molar-refractivity contribution in [3.8, 4) is 6.07 Å². The summed E-state index contributed by atoms with van der Waals surface area (Å²) in [6.07, 6.45) is 7.29. The molecule has 0 spiro atoms. The number of nitrogens with zero attached hydrogens (tertiary/aromatic N) is 7. The number of carbonyl (C=O) groups is 1. The van der Waals surface area contributed by atoms with Crippen LogP contribution in [0.15, 0.2) is 42.9 Å². The van der Waals surface area contributed by atoms with Crippen molar-refractivity contribution in [2.75, 3.05) is 24.6 Å². The molecule has 2 unspecified atom stereocenters. The maximum atomic E-state index is 13.1. The predicted octanol–water partition coefficient (Wildman–Crippen LogP) is 2.34. The van der Waals surface area contributed by atoms with E-state index in [0.717, 1.165) is 42.8 Å². The molecule has 168 valence electrons. The van der Waals surface area contributed by atoms with Crippen LogP contribution in [0.4, 0.5) is 5.82 Å². The fraction of sp³-hybridized carbons (Fsp3) is 0.458. The van der Waals surface area contributed by atoms with Crippen molar-refractivity contribution < 1.29 is 9.53 Å². The fourth-order valence-corrected chi connectivity index (χ4v) is 5.28. The smallest absolute Gasteiger partial charge is 0.248 e. The minimum atomic E-state index is -0.153. The Balaban J connectivity index is 1.13. The van der Waals surface area contributed by atoms with Crippen LogP contribution in [-0.2, 0) is 9.53 Å². The van der Waals surface area contributed by atoms with Crippen LogP contribution in [-0.4, -0.2) is 62.2 Å². The summed E-state index contributed by atoms with van der Waals surface area (Å²) in [4.78, 5) is 26.2. The van der Waals surface area contributed by atoms with Crippen LogP contribution in [0.5, 0.6) is 0 Å². The van der Waals surface area contributed by atoms with Gasteiger partial charge >= 0.3 is 0 Å². The number of hydrogen-bond donors (Lipinski definition) is 0. The molecule has 1 saturated carbocycles. The summed E-state index contributed by atoms with van der Waals surface area (Å²) >= 11 is 0. The lowest BCUT2D eigenvalue weighted by atomic mass is 10.1. The van der Waals surface area contributed by atoms with Crippen LogP contribution in [0.2, 0.25) is 0 Å². The van der Waals surface area contributed by atoms with Crippen molar-refractivity contribution in [1.29, 1.82) is 5.26 Å². The Bertz CT molecular complexity index is 1200. The Morgan fingerprint density at radius 3 is 2.64 bits per heavy atom. The van der Waals surface area contributed by atoms with Crippen molar-refractivity contribution in [3.63, 3.8) is 0 Å². The minimum Gasteiger partial charge on any atom is -0.362 e. The molecule has 3 fully saturated rings. The van der Waals surface area contributed by atoms with Crippen molar-refractivity contribution >= 4 is 17.4 Å². The third kappa shape index (κ3) is 3.70. The topological polar surface area (TPSA) is 99.7 Å². The Labute approximate surface area is 191 Å². The summed E-state index contributed by atoms with van der Waals surface area (Å²) < 4.78 is 8.05. The first-order chi connectivity index (χ1) is 16.2. The average molecular weight is 444 g/mol. The number of likely N-dealkylation sites (tertiary alicyclic amines) is 1. The number of carbonyl (C=O) groups excluding carboxylic acids is 1. The highest BCUT2D eigenvalue weighted by Gasteiger charge is 2.42. The highest BCUT2D eigenvalue weighted by Crippen LogP contribution is 2.43. The van der Waals surface area contributed by atoms with Gasteiger partial charge < -0.3 is 14.5 Å². The zero-order valence-corrected chi connectivity index (χ0v) is 18.2. The largest absolute Gasteiger partial charge is 0.362 e. The van der Waals surface area contributed by atoms with Crippen LogP contribution in [0.1, 0.15) is 43.0 Å². The SMILES string of the molecule is N#Cc1ccc(N2C3CC[C@H]2CN(C(=O)COC(c2cccc4ncnn24)C2CC2)C3)nc1. The number of hydrogen-bond acceptors (Lipinski definition) is 7. The molecule has 3 aromatic rings. The van der Waals surface area contributed by atoms with E-state index in [9.17, 15) is 4.79 Å². The van der Waals surface area contributed by atoms with E-state index >= 15 is 0 Å². The number of piperazine rings is 1. The number of nitriles is 1. The van der Waals surface area contributed by atoms with E-state index < -0.39 is 0 Å². The number of ether oxygens (including phenoxy) is 1. The second kappa shape index (κ2) is 8.12. The highest BCUT2D eigenvalue weighted by atomic mass is 16.5. The van der Waals surface area contributed by atoms with Crippen LogP contribution in [0.25, 0.3) is 5.65 Å². The molecule has 1 aliphatic carbocycles. The van der Waals surface area contributed by atoms with Crippen LogP contribution in [0.3, 0.4) is 0 Å². The van der Waals surface area contributed by atoms with E-state index in [1.165, 1.54) is 0 Å². The van der Waals surface area contributed by atoms with Gasteiger partial charge in [-0.2, -0.15) is 10.4 Å². The summed E-state index contributed by atoms with van der Waals surface area (Å²) in [7, 11) is 0. The van der Waals surface area contributed by atoms with Gasteiger partial charge in [-0.25, -0.2) is 14.5 Å². The molecule has 33 heavy (non-hydrogen) atoms. The highest BCUT2D eigenvalue weighted by molar-refractivity contribution is 5.78. The zero-order valence-electron chi connectivity index (χ0n) is 18.2. The lowest BCUT2D eigenvalue weighted by Gasteiger charge is -2.41. The molecule has 0 N–H and O–H groups in total. The summed E-state index contributed by atoms with van der Waals surface area (Å²) in [6, 6.07) is 12.2. The van der Waals surface area contributed by atoms with Gasteiger partial charge in [0.2, 0.25) is 5.91 Å². The molecular weight excluding hydrogens is 418 g/mol. The molecule has 3 aromatic heterocycles. The number of pyridine rings is 2. The molecule has 2 aliphatic heterocycles. The number of aromatic nitrogens is 4. The molecule has 0 aromatic carbocycles. The van der Waals surface area contributed by atoms with Gasteiger partial charge in [0.15, 0.2) is 5.65 Å². The van der Waals surface area contributed by atoms with Gasteiger partial charge in [0.25, 0.3) is 0 Å². The molecule has 1 amide bonds. The van der Waals surface area contributed by atoms with E-state index in [1.54, 1.807) is 18.6 Å². The van der Waals surface area contributed by atoms with Gasteiger partial charge in [0, 0.05) is 31.4 Å². The number of rotatable bonds is 6. The summed E-state index contributed by atoms with van der Waals surface area (Å²) in [5.41, 5.74) is 2.30. The van der Waals surface area contributed by atoms with Gasteiger partial charge in [-0.05, 0) is 55.9 Å². The third-order valence-electron chi connectivity index (χ3n) is 7.04. The van der Waals surface area contributed by atoms with Gasteiger partial charge in [0.05, 0.1) is 11.3 Å². The van der Waals surface area contributed by atoms with Crippen LogP contribution in [0, 0.1) is 17.2 Å². The first-order valence-electron chi connectivity index (χ1n) is 11.5. The number of fused-ring (bicyclic) bond motifs is 3. The van der Waals surface area contributed by atoms with Gasteiger partial charge in [0.1, 0.15) is 30.9 Å². The Hall–Kier alpha value is -3.51. The molecule has 3 atom stereocenters. The lowest BCUT2D eigenvalue weighted by Crippen LogP contribution is -2.56. The van der Waals surface area contributed by atoms with E-state index in [0.29, 0.717) is 24.6 Å². The van der Waals surface area contributed by atoms with E-state index in [1.807, 2.05) is 33.7 Å². The molecule has 0 radical (unpaired) electrons. The lowest BCUT2D eigenvalue weighted by molar-refractivity contribution is -0.140. The van der Waals surface area contributed by atoms with Gasteiger partial charge in [-0.1, -0.05) is 6.07 Å². The standard InChI is InChI=1S/C24H25N7O2/c25-10-16-4-9-21(26-11-16)30-18-7-8-19(30)13-29(12-18)23(32)14-33-24(17-5-6-17)20-2-1-3-22-27-15-28-31(20)22/h1-4,9,11,15,17-19,24H,5-8,12-14H2/t18-,19?,24?/m0/s1. The number of anilines is 1. The first-order valence-corrected chi connectivity index (χ1v) is 11.5. The maximum Gasteiger partial charge on any atom is 0.248 e. The quantitative estimate of drug-likeness (QED) is 0.576. The van der Waals surface area contributed by atoms with Crippen LogP contribution >= 0.6 is 0 Å². The molecule has 6 rings (SSSR count). The van der Waals surface area contributed by atoms with Gasteiger partial charge in [-0.3, -0.25) is 4.79 Å². The molecule has 2 bridgehead atoms. The van der Waals surface area contributed by atoms with Gasteiger partial charge in [-0.15, -0.1) is 0 Å². The second-order valence-electron chi connectivity index (χ2n) is 9.16. The maximum absolute atomic E-state index is 13.1. The van der Waals surface area contributed by atoms with E-state index in [-0.39, 0.29) is 30.7 Å². The van der Waals surface area contributed by atoms with Crippen molar-refractivity contribution in [1.82, 2.24) is 24.5 Å². The van der Waals surface area contributed by atoms with E-state index in [4.69, 9.17) is 10.00 Å². The molecule has 9 heteroatoms. The fourth-order valence-electron chi connectivity index (χ4n) is 5.28. The average Bonchev–Trinajstić information content (AvgIpc) is 3.50. The molecule has 9 nitrogen and oxygen atoms in total. The Morgan fingerprint density at radius 1 is 1.12 bits per heavy atom. The third-order valence-corrected chi connectivity index (χ3v) is 7.04. The van der Waals surface area contributed by atoms with E-state index in [2.05, 4.69) is 26.0 Å². The predicted molar refractivity (Wildman–Crippen MR) is 119 cm³/mol. The molecule has 5 heterocycles. The molecular formula is C24H25N7O2. The molecule has 2 saturated heterocycles. The Morgan fingerprint density at radius 2 is 1.94 bits per heavy atom. The monoisotopic (exact) mass is 443 g/mol.